The molecule has 2 rings (SSSR count). The van der Waals surface area contributed by atoms with E-state index in [0.717, 1.165) is 19.0 Å². The van der Waals surface area contributed by atoms with Gasteiger partial charge in [-0.1, -0.05) is 19.3 Å². The predicted octanol–water partition coefficient (Wildman–Crippen LogP) is 2.96. The van der Waals surface area contributed by atoms with Gasteiger partial charge in [0.1, 0.15) is 0 Å². The van der Waals surface area contributed by atoms with Crippen molar-refractivity contribution in [2.45, 2.75) is 65.1 Å². The molecule has 0 radical (unpaired) electrons. The lowest BCUT2D eigenvalue weighted by molar-refractivity contribution is 0.279. The second kappa shape index (κ2) is 6.20. The maximum Gasteiger partial charge on any atom is 0.0948 e. The third-order valence-electron chi connectivity index (χ3n) is 4.10. The summed E-state index contributed by atoms with van der Waals surface area (Å²) in [4.78, 5) is 4.21. The van der Waals surface area contributed by atoms with Crippen molar-refractivity contribution < 1.29 is 0 Å². The molecule has 0 aromatic carbocycles. The Morgan fingerprint density at radius 3 is 2.88 bits per heavy atom. The highest BCUT2D eigenvalue weighted by atomic mass is 15.1. The average molecular weight is 235 g/mol. The van der Waals surface area contributed by atoms with E-state index in [-0.39, 0.29) is 0 Å². The van der Waals surface area contributed by atoms with Crippen molar-refractivity contribution in [2.24, 2.45) is 5.92 Å². The quantitative estimate of drug-likeness (QED) is 0.850. The summed E-state index contributed by atoms with van der Waals surface area (Å²) in [6, 6.07) is 0.635. The van der Waals surface area contributed by atoms with Crippen molar-refractivity contribution in [1.82, 2.24) is 14.9 Å². The number of nitrogens with one attached hydrogen (secondary N) is 1. The maximum atomic E-state index is 4.21. The molecule has 96 valence electrons. The zero-order valence-electron chi connectivity index (χ0n) is 11.2. The van der Waals surface area contributed by atoms with Gasteiger partial charge < -0.3 is 9.88 Å². The van der Waals surface area contributed by atoms with Gasteiger partial charge in [0.05, 0.1) is 12.0 Å². The molecule has 1 N–H and O–H groups in total. The van der Waals surface area contributed by atoms with Gasteiger partial charge in [-0.05, 0) is 32.6 Å². The Hall–Kier alpha value is -0.830. The molecule has 1 aromatic rings. The van der Waals surface area contributed by atoms with Crippen molar-refractivity contribution in [3.05, 3.63) is 18.2 Å². The predicted molar refractivity (Wildman–Crippen MR) is 70.8 cm³/mol. The van der Waals surface area contributed by atoms with Gasteiger partial charge in [-0.3, -0.25) is 0 Å². The lowest BCUT2D eigenvalue weighted by Crippen LogP contribution is -2.34. The Kier molecular flexibility index (Phi) is 4.60. The summed E-state index contributed by atoms with van der Waals surface area (Å²) in [6.07, 6.45) is 11.0. The van der Waals surface area contributed by atoms with Crippen LogP contribution in [0.3, 0.4) is 0 Å². The van der Waals surface area contributed by atoms with Crippen LogP contribution in [0.15, 0.2) is 12.5 Å². The van der Waals surface area contributed by atoms with Crippen LogP contribution in [-0.4, -0.2) is 15.6 Å². The normalized spacial score (nSPS) is 19.4. The summed E-state index contributed by atoms with van der Waals surface area (Å²) in [5.74, 6) is 0.877. The van der Waals surface area contributed by atoms with E-state index in [0.29, 0.717) is 6.04 Å². The molecule has 1 atom stereocenters. The monoisotopic (exact) mass is 235 g/mol. The van der Waals surface area contributed by atoms with Gasteiger partial charge in [-0.15, -0.1) is 0 Å². The largest absolute Gasteiger partial charge is 0.334 e. The second-order valence-corrected chi connectivity index (χ2v) is 5.24. The van der Waals surface area contributed by atoms with E-state index in [1.807, 2.05) is 12.5 Å². The molecule has 0 saturated heterocycles. The van der Waals surface area contributed by atoms with E-state index in [9.17, 15) is 0 Å². The molecule has 1 fully saturated rings. The lowest BCUT2D eigenvalue weighted by Gasteiger charge is -2.28. The van der Waals surface area contributed by atoms with E-state index in [1.165, 1.54) is 37.8 Å². The smallest absolute Gasteiger partial charge is 0.0948 e. The molecule has 3 nitrogen and oxygen atoms in total. The first-order chi connectivity index (χ1) is 8.31. The number of hydrogen-bond donors (Lipinski definition) is 1. The Morgan fingerprint density at radius 1 is 1.41 bits per heavy atom. The van der Waals surface area contributed by atoms with E-state index < -0.39 is 0 Å². The minimum atomic E-state index is 0.635. The van der Waals surface area contributed by atoms with E-state index in [1.54, 1.807) is 0 Å². The third kappa shape index (κ3) is 3.32. The molecule has 0 unspecified atom stereocenters. The number of aryl methyl sites for hydroxylation is 1. The molecule has 0 amide bonds. The first kappa shape index (κ1) is 12.6. The van der Waals surface area contributed by atoms with E-state index in [4.69, 9.17) is 0 Å². The first-order valence-electron chi connectivity index (χ1n) is 7.03. The lowest BCUT2D eigenvalue weighted by atomic mass is 9.84. The van der Waals surface area contributed by atoms with Gasteiger partial charge >= 0.3 is 0 Å². The molecular formula is C14H25N3. The van der Waals surface area contributed by atoms with E-state index >= 15 is 0 Å². The summed E-state index contributed by atoms with van der Waals surface area (Å²) < 4.78 is 2.21. The van der Waals surface area contributed by atoms with Crippen LogP contribution in [0, 0.1) is 5.92 Å². The van der Waals surface area contributed by atoms with Gasteiger partial charge in [-0.25, -0.2) is 4.98 Å². The van der Waals surface area contributed by atoms with Crippen molar-refractivity contribution in [3.8, 4) is 0 Å². The summed E-state index contributed by atoms with van der Waals surface area (Å²) >= 11 is 0. The number of aromatic nitrogens is 2. The molecule has 17 heavy (non-hydrogen) atoms. The zero-order chi connectivity index (χ0) is 12.1. The number of nitrogens with zero attached hydrogens (tertiary/aromatic N) is 2. The van der Waals surface area contributed by atoms with Crippen molar-refractivity contribution in [1.29, 1.82) is 0 Å². The van der Waals surface area contributed by atoms with Crippen molar-refractivity contribution in [2.75, 3.05) is 0 Å². The maximum absolute atomic E-state index is 4.21. The summed E-state index contributed by atoms with van der Waals surface area (Å²) in [6.45, 7) is 6.46. The van der Waals surface area contributed by atoms with E-state index in [2.05, 4.69) is 28.7 Å². The molecule has 0 aliphatic heterocycles. The fourth-order valence-corrected chi connectivity index (χ4v) is 2.85. The van der Waals surface area contributed by atoms with Gasteiger partial charge in [0.25, 0.3) is 0 Å². The fraction of sp³-hybridized carbons (Fsp3) is 0.786. The topological polar surface area (TPSA) is 29.9 Å². The van der Waals surface area contributed by atoms with Crippen molar-refractivity contribution >= 4 is 0 Å². The second-order valence-electron chi connectivity index (χ2n) is 5.24. The summed E-state index contributed by atoms with van der Waals surface area (Å²) in [5, 5.41) is 3.67. The molecule has 1 heterocycles. The first-order valence-corrected chi connectivity index (χ1v) is 7.03. The summed E-state index contributed by atoms with van der Waals surface area (Å²) in [5.41, 5.74) is 1.30. The molecule has 3 heteroatoms. The van der Waals surface area contributed by atoms with Crippen molar-refractivity contribution in [3.63, 3.8) is 0 Å². The minimum Gasteiger partial charge on any atom is -0.334 e. The molecule has 1 aliphatic rings. The van der Waals surface area contributed by atoms with Gasteiger partial charge in [0.15, 0.2) is 0 Å². The molecule has 0 spiro atoms. The highest BCUT2D eigenvalue weighted by molar-refractivity contribution is 4.98. The van der Waals surface area contributed by atoms with Crippen LogP contribution in [0.5, 0.6) is 0 Å². The van der Waals surface area contributed by atoms with Crippen LogP contribution in [0.4, 0.5) is 0 Å². The SMILES string of the molecule is CCn1cncc1CN[C@@H](C)C1CCCCC1. The Morgan fingerprint density at radius 2 is 2.18 bits per heavy atom. The Bertz CT molecular complexity index is 326. The van der Waals surface area contributed by atoms with Crippen LogP contribution < -0.4 is 5.32 Å². The standard InChI is InChI=1S/C14H25N3/c1-3-17-11-15-9-14(17)10-16-12(2)13-7-5-4-6-8-13/h9,11-13,16H,3-8,10H2,1-2H3/t12-/m0/s1. The highest BCUT2D eigenvalue weighted by Crippen LogP contribution is 2.26. The third-order valence-corrected chi connectivity index (χ3v) is 4.10. The molecule has 1 aromatic heterocycles. The summed E-state index contributed by atoms with van der Waals surface area (Å²) in [7, 11) is 0. The Balaban J connectivity index is 1.80. The highest BCUT2D eigenvalue weighted by Gasteiger charge is 2.19. The number of imidazole rings is 1. The average Bonchev–Trinajstić information content (AvgIpc) is 2.84. The molecular weight excluding hydrogens is 210 g/mol. The fourth-order valence-electron chi connectivity index (χ4n) is 2.85. The minimum absolute atomic E-state index is 0.635. The van der Waals surface area contributed by atoms with Gasteiger partial charge in [0, 0.05) is 25.3 Å². The van der Waals surface area contributed by atoms with Crippen LogP contribution in [0.2, 0.25) is 0 Å². The molecule has 0 bridgehead atoms. The molecule has 1 saturated carbocycles. The molecule has 1 aliphatic carbocycles. The van der Waals surface area contributed by atoms with Gasteiger partial charge in [-0.2, -0.15) is 0 Å². The van der Waals surface area contributed by atoms with Crippen LogP contribution in [0.25, 0.3) is 0 Å². The van der Waals surface area contributed by atoms with Crippen LogP contribution in [0.1, 0.15) is 51.6 Å². The van der Waals surface area contributed by atoms with Crippen LogP contribution in [-0.2, 0) is 13.1 Å². The Labute approximate surface area is 105 Å². The van der Waals surface area contributed by atoms with Gasteiger partial charge in [0.2, 0.25) is 0 Å². The van der Waals surface area contributed by atoms with Crippen LogP contribution >= 0.6 is 0 Å². The number of rotatable bonds is 5. The zero-order valence-corrected chi connectivity index (χ0v) is 11.2. The number of hydrogen-bond acceptors (Lipinski definition) is 2.